The van der Waals surface area contributed by atoms with Crippen LogP contribution in [0.3, 0.4) is 0 Å². The number of nitrogens with zero attached hydrogens (tertiary/aromatic N) is 3. The van der Waals surface area contributed by atoms with E-state index in [2.05, 4.69) is 9.97 Å². The summed E-state index contributed by atoms with van der Waals surface area (Å²) >= 11 is 0. The molecule has 2 atom stereocenters. The lowest BCUT2D eigenvalue weighted by Crippen LogP contribution is -2.22. The number of benzene rings is 1. The fourth-order valence-electron chi connectivity index (χ4n) is 2.83. The lowest BCUT2D eigenvalue weighted by molar-refractivity contribution is 0.0572. The van der Waals surface area contributed by atoms with Crippen molar-refractivity contribution in [1.29, 1.82) is 0 Å². The van der Waals surface area contributed by atoms with Crippen molar-refractivity contribution in [3.8, 4) is 17.0 Å². The highest BCUT2D eigenvalue weighted by molar-refractivity contribution is 5.73. The zero-order valence-corrected chi connectivity index (χ0v) is 13.7. The number of aromatic nitrogens is 2. The van der Waals surface area contributed by atoms with E-state index in [-0.39, 0.29) is 17.6 Å². The van der Waals surface area contributed by atoms with Crippen LogP contribution in [0.1, 0.15) is 25.5 Å². The summed E-state index contributed by atoms with van der Waals surface area (Å²) in [6.07, 6.45) is -1.55. The normalized spacial score (nSPS) is 20.8. The van der Waals surface area contributed by atoms with E-state index in [0.29, 0.717) is 24.3 Å². The number of nitrogens with two attached hydrogens (primary N) is 1. The van der Waals surface area contributed by atoms with Gasteiger partial charge in [-0.1, -0.05) is 13.8 Å². The molecular formula is C17H22N4O3. The van der Waals surface area contributed by atoms with Gasteiger partial charge < -0.3 is 26.0 Å². The van der Waals surface area contributed by atoms with Crippen LogP contribution in [0.25, 0.3) is 11.3 Å². The first-order valence-corrected chi connectivity index (χ1v) is 7.94. The number of hydrogen-bond acceptors (Lipinski definition) is 7. The van der Waals surface area contributed by atoms with Gasteiger partial charge in [-0.3, -0.25) is 0 Å². The third kappa shape index (κ3) is 3.13. The molecule has 3 rings (SSSR count). The zero-order chi connectivity index (χ0) is 17.4. The van der Waals surface area contributed by atoms with Gasteiger partial charge in [-0.25, -0.2) is 9.97 Å². The Morgan fingerprint density at radius 3 is 2.42 bits per heavy atom. The fourth-order valence-corrected chi connectivity index (χ4v) is 2.83. The molecule has 0 radical (unpaired) electrons. The van der Waals surface area contributed by atoms with Gasteiger partial charge in [0, 0.05) is 30.0 Å². The summed E-state index contributed by atoms with van der Waals surface area (Å²) in [4.78, 5) is 10.3. The molecule has 2 heterocycles. The number of aliphatic hydroxyl groups excluding tert-OH is 2. The molecule has 0 aliphatic carbocycles. The van der Waals surface area contributed by atoms with Gasteiger partial charge in [0.2, 0.25) is 5.95 Å². The summed E-state index contributed by atoms with van der Waals surface area (Å²) < 4.78 is 0. The van der Waals surface area contributed by atoms with E-state index >= 15 is 0 Å². The summed E-state index contributed by atoms with van der Waals surface area (Å²) in [6.45, 7) is 4.70. The number of anilines is 2. The van der Waals surface area contributed by atoms with E-state index in [9.17, 15) is 15.3 Å². The number of aromatic hydroxyl groups is 1. The van der Waals surface area contributed by atoms with Crippen molar-refractivity contribution in [3.63, 3.8) is 0 Å². The number of hydrogen-bond donors (Lipinski definition) is 4. The van der Waals surface area contributed by atoms with Gasteiger partial charge in [-0.05, 0) is 30.2 Å². The van der Waals surface area contributed by atoms with Crippen LogP contribution in [-0.4, -0.2) is 50.6 Å². The molecule has 0 unspecified atom stereocenters. The molecule has 1 aromatic carbocycles. The highest BCUT2D eigenvalue weighted by Crippen LogP contribution is 2.34. The molecule has 0 bridgehead atoms. The molecule has 2 aromatic rings. The summed E-state index contributed by atoms with van der Waals surface area (Å²) in [7, 11) is 0. The number of rotatable bonds is 3. The predicted octanol–water partition coefficient (Wildman–Crippen LogP) is 1.10. The lowest BCUT2D eigenvalue weighted by atomic mass is 10.0. The lowest BCUT2D eigenvalue weighted by Gasteiger charge is -2.19. The van der Waals surface area contributed by atoms with Crippen LogP contribution in [0.4, 0.5) is 11.6 Å². The van der Waals surface area contributed by atoms with Crippen molar-refractivity contribution in [2.24, 2.45) is 0 Å². The van der Waals surface area contributed by atoms with Gasteiger partial charge in [0.25, 0.3) is 0 Å². The van der Waals surface area contributed by atoms with Crippen molar-refractivity contribution in [3.05, 3.63) is 30.0 Å². The van der Waals surface area contributed by atoms with Crippen molar-refractivity contribution in [2.75, 3.05) is 23.7 Å². The van der Waals surface area contributed by atoms with Gasteiger partial charge in [-0.15, -0.1) is 0 Å². The Morgan fingerprint density at radius 2 is 1.79 bits per heavy atom. The van der Waals surface area contributed by atoms with Crippen molar-refractivity contribution >= 4 is 11.6 Å². The smallest absolute Gasteiger partial charge is 0.220 e. The van der Waals surface area contributed by atoms with E-state index < -0.39 is 12.2 Å². The molecule has 1 aliphatic heterocycles. The number of β-amino-alcohol motifs (C(OH)–C–C–N with tert-alkyl or cyclic N) is 2. The maximum atomic E-state index is 10.2. The predicted molar refractivity (Wildman–Crippen MR) is 91.9 cm³/mol. The van der Waals surface area contributed by atoms with E-state index in [1.165, 1.54) is 0 Å². The largest absolute Gasteiger partial charge is 0.507 e. The quantitative estimate of drug-likeness (QED) is 0.666. The second kappa shape index (κ2) is 6.26. The highest BCUT2D eigenvalue weighted by Gasteiger charge is 2.30. The van der Waals surface area contributed by atoms with Crippen molar-refractivity contribution in [1.82, 2.24) is 9.97 Å². The molecule has 0 spiro atoms. The van der Waals surface area contributed by atoms with Gasteiger partial charge in [-0.2, -0.15) is 0 Å². The molecule has 24 heavy (non-hydrogen) atoms. The molecule has 7 heteroatoms. The minimum Gasteiger partial charge on any atom is -0.507 e. The number of phenolic OH excluding ortho intramolecular Hbond substituents is 1. The van der Waals surface area contributed by atoms with Gasteiger partial charge in [0.05, 0.1) is 17.9 Å². The number of phenols is 1. The Labute approximate surface area is 140 Å². The van der Waals surface area contributed by atoms with Gasteiger partial charge in [0.1, 0.15) is 5.75 Å². The SMILES string of the molecule is CC(C)c1cc(-c2cc(N3C[C@H](O)[C@@H](O)C3)ccc2O)nc(N)n1. The Morgan fingerprint density at radius 1 is 1.12 bits per heavy atom. The topological polar surface area (TPSA) is 116 Å². The van der Waals surface area contributed by atoms with Crippen LogP contribution in [0, 0.1) is 0 Å². The molecule has 1 saturated heterocycles. The monoisotopic (exact) mass is 330 g/mol. The van der Waals surface area contributed by atoms with Crippen LogP contribution >= 0.6 is 0 Å². The first-order valence-electron chi connectivity index (χ1n) is 7.94. The maximum absolute atomic E-state index is 10.2. The molecule has 1 fully saturated rings. The van der Waals surface area contributed by atoms with Crippen molar-refractivity contribution < 1.29 is 15.3 Å². The molecule has 0 saturated carbocycles. The summed E-state index contributed by atoms with van der Waals surface area (Å²) in [5.41, 5.74) is 8.48. The Balaban J connectivity index is 2.01. The Kier molecular flexibility index (Phi) is 4.29. The Bertz CT molecular complexity index is 741. The molecular weight excluding hydrogens is 308 g/mol. The van der Waals surface area contributed by atoms with Crippen LogP contribution in [0.5, 0.6) is 5.75 Å². The molecule has 1 aliphatic rings. The molecule has 128 valence electrons. The molecule has 7 nitrogen and oxygen atoms in total. The van der Waals surface area contributed by atoms with Crippen LogP contribution < -0.4 is 10.6 Å². The van der Waals surface area contributed by atoms with E-state index in [1.54, 1.807) is 18.2 Å². The average Bonchev–Trinajstić information content (AvgIpc) is 2.86. The zero-order valence-electron chi connectivity index (χ0n) is 13.7. The van der Waals surface area contributed by atoms with Crippen LogP contribution in [-0.2, 0) is 0 Å². The van der Waals surface area contributed by atoms with E-state index in [4.69, 9.17) is 5.73 Å². The molecule has 0 amide bonds. The standard InChI is InChI=1S/C17H22N4O3/c1-9(2)12-6-13(20-17(18)19-12)11-5-10(3-4-14(11)22)21-7-15(23)16(24)8-21/h3-6,9,15-16,22-24H,7-8H2,1-2H3,(H2,18,19,20)/t15-,16-/m0/s1. The first kappa shape index (κ1) is 16.5. The van der Waals surface area contributed by atoms with Crippen LogP contribution in [0.2, 0.25) is 0 Å². The summed E-state index contributed by atoms with van der Waals surface area (Å²) in [5.74, 6) is 0.433. The highest BCUT2D eigenvalue weighted by atomic mass is 16.3. The Hall–Kier alpha value is -2.38. The number of aliphatic hydroxyl groups is 2. The molecule has 5 N–H and O–H groups in total. The summed E-state index contributed by atoms with van der Waals surface area (Å²) in [5, 5.41) is 29.7. The van der Waals surface area contributed by atoms with Crippen LogP contribution in [0.15, 0.2) is 24.3 Å². The third-order valence-electron chi connectivity index (χ3n) is 4.24. The fraction of sp³-hybridized carbons (Fsp3) is 0.412. The minimum atomic E-state index is -0.774. The minimum absolute atomic E-state index is 0.0897. The van der Waals surface area contributed by atoms with Gasteiger partial charge in [0.15, 0.2) is 0 Å². The second-order valence-corrected chi connectivity index (χ2v) is 6.43. The second-order valence-electron chi connectivity index (χ2n) is 6.43. The first-order chi connectivity index (χ1) is 11.3. The van der Waals surface area contributed by atoms with Crippen molar-refractivity contribution in [2.45, 2.75) is 32.0 Å². The molecule has 1 aromatic heterocycles. The maximum Gasteiger partial charge on any atom is 0.220 e. The van der Waals surface area contributed by atoms with Gasteiger partial charge >= 0.3 is 0 Å². The summed E-state index contributed by atoms with van der Waals surface area (Å²) in [6, 6.07) is 6.92. The average molecular weight is 330 g/mol. The number of nitrogen functional groups attached to an aromatic ring is 1. The third-order valence-corrected chi connectivity index (χ3v) is 4.24. The van der Waals surface area contributed by atoms with E-state index in [1.807, 2.05) is 24.8 Å². The van der Waals surface area contributed by atoms with E-state index in [0.717, 1.165) is 11.4 Å².